The molecule has 1 aliphatic carbocycles. The topological polar surface area (TPSA) is 105 Å². The number of aromatic nitrogens is 5. The Bertz CT molecular complexity index is 2120. The van der Waals surface area contributed by atoms with Crippen LogP contribution in [0, 0.1) is 28.1 Å². The van der Waals surface area contributed by atoms with Crippen molar-refractivity contribution in [2.75, 3.05) is 24.5 Å². The average Bonchev–Trinajstić information content (AvgIpc) is 3.54. The fraction of sp³-hybridized carbons (Fsp3) is 0.324. The van der Waals surface area contributed by atoms with Gasteiger partial charge in [0.25, 0.3) is 0 Å². The fourth-order valence-corrected chi connectivity index (χ4v) is 9.79. The third kappa shape index (κ3) is 3.30. The Hall–Kier alpha value is -5.11. The number of anilines is 1. The maximum Gasteiger partial charge on any atom is 0.234 e. The summed E-state index contributed by atoms with van der Waals surface area (Å²) >= 11 is 0. The Morgan fingerprint density at radius 2 is 1.79 bits per heavy atom. The lowest BCUT2D eigenvalue weighted by Gasteiger charge is -2.44. The zero-order valence-electron chi connectivity index (χ0n) is 26.2. The van der Waals surface area contributed by atoms with Gasteiger partial charge in [-0.05, 0) is 24.6 Å². The van der Waals surface area contributed by atoms with E-state index < -0.39 is 0 Å². The van der Waals surface area contributed by atoms with Crippen molar-refractivity contribution in [1.29, 1.82) is 5.26 Å². The van der Waals surface area contributed by atoms with Gasteiger partial charge in [-0.2, -0.15) is 5.26 Å². The van der Waals surface area contributed by atoms with Gasteiger partial charge in [-0.1, -0.05) is 61.5 Å². The van der Waals surface area contributed by atoms with Crippen LogP contribution in [0.3, 0.4) is 0 Å². The number of nitrogens with zero attached hydrogens (tertiary/aromatic N) is 8. The van der Waals surface area contributed by atoms with Crippen molar-refractivity contribution < 1.29 is 9.47 Å². The monoisotopic (exact) mass is 620 g/mol. The molecule has 5 aromatic rings. The van der Waals surface area contributed by atoms with Crippen LogP contribution < -0.4 is 9.64 Å². The predicted molar refractivity (Wildman–Crippen MR) is 174 cm³/mol. The van der Waals surface area contributed by atoms with E-state index in [2.05, 4.69) is 97.8 Å². The van der Waals surface area contributed by atoms with Crippen LogP contribution in [0.25, 0.3) is 33.9 Å². The molecular formula is C37H32N8O2. The van der Waals surface area contributed by atoms with E-state index in [9.17, 15) is 5.26 Å². The SMILES string of the molecule is C[C@@H]1C23O[C@H](C)[C@@]4(CN(Cc5ccc(-c6nc7n(c6-c6ccccc6)COc6ccncc6-7)cc5)C[C@@]124)CN3c1ccnc(C#N)n1. The molecule has 10 rings (SSSR count). The molecule has 1 spiro atoms. The van der Waals surface area contributed by atoms with Crippen molar-refractivity contribution in [3.8, 4) is 45.7 Å². The lowest BCUT2D eigenvalue weighted by atomic mass is 9.72. The van der Waals surface area contributed by atoms with Gasteiger partial charge in [0, 0.05) is 72.6 Å². The number of piperidine rings is 1. The molecule has 10 heteroatoms. The summed E-state index contributed by atoms with van der Waals surface area (Å²) in [6.07, 6.45) is 5.43. The Kier molecular flexibility index (Phi) is 5.32. The largest absolute Gasteiger partial charge is 0.472 e. The molecule has 1 saturated carbocycles. The third-order valence-electron chi connectivity index (χ3n) is 11.8. The molecule has 10 nitrogen and oxygen atoms in total. The first kappa shape index (κ1) is 27.0. The molecule has 4 fully saturated rings. The van der Waals surface area contributed by atoms with Crippen LogP contribution in [-0.2, 0) is 18.0 Å². The highest BCUT2D eigenvalue weighted by molar-refractivity contribution is 5.83. The van der Waals surface area contributed by atoms with Crippen molar-refractivity contribution in [2.24, 2.45) is 16.7 Å². The summed E-state index contributed by atoms with van der Waals surface area (Å²) < 4.78 is 15.1. The summed E-state index contributed by atoms with van der Waals surface area (Å²) in [6, 6.07) is 25.2. The number of pyridine rings is 1. The van der Waals surface area contributed by atoms with Crippen LogP contribution in [0.2, 0.25) is 0 Å². The molecule has 5 aliphatic rings. The van der Waals surface area contributed by atoms with Crippen LogP contribution in [0.4, 0.5) is 5.82 Å². The molecule has 47 heavy (non-hydrogen) atoms. The smallest absolute Gasteiger partial charge is 0.234 e. The quantitative estimate of drug-likeness (QED) is 0.257. The van der Waals surface area contributed by atoms with Crippen molar-refractivity contribution in [3.63, 3.8) is 0 Å². The molecule has 0 amide bonds. The number of hydrogen-bond donors (Lipinski definition) is 0. The number of nitriles is 1. The van der Waals surface area contributed by atoms with Crippen molar-refractivity contribution in [2.45, 2.75) is 39.0 Å². The summed E-state index contributed by atoms with van der Waals surface area (Å²) in [7, 11) is 0. The summed E-state index contributed by atoms with van der Waals surface area (Å²) in [5, 5.41) is 9.42. The number of likely N-dealkylation sites (tertiary alicyclic amines) is 1. The zero-order valence-corrected chi connectivity index (χ0v) is 26.2. The summed E-state index contributed by atoms with van der Waals surface area (Å²) in [4.78, 5) is 23.2. The Labute approximate surface area is 272 Å². The predicted octanol–water partition coefficient (Wildman–Crippen LogP) is 5.36. The van der Waals surface area contributed by atoms with E-state index in [0.717, 1.165) is 71.6 Å². The second-order valence-corrected chi connectivity index (χ2v) is 13.7. The summed E-state index contributed by atoms with van der Waals surface area (Å²) in [6.45, 7) is 8.67. The normalized spacial score (nSPS) is 29.4. The maximum absolute atomic E-state index is 9.42. The molecule has 232 valence electrons. The van der Waals surface area contributed by atoms with Crippen LogP contribution >= 0.6 is 0 Å². The maximum atomic E-state index is 9.42. The second-order valence-electron chi connectivity index (χ2n) is 13.7. The number of ether oxygens (including phenoxy) is 2. The molecule has 2 aromatic carbocycles. The van der Waals surface area contributed by atoms with Gasteiger partial charge in [0.15, 0.2) is 12.5 Å². The van der Waals surface area contributed by atoms with E-state index in [4.69, 9.17) is 14.5 Å². The highest BCUT2D eigenvalue weighted by Gasteiger charge is 2.96. The van der Waals surface area contributed by atoms with Gasteiger partial charge >= 0.3 is 0 Å². The van der Waals surface area contributed by atoms with Crippen LogP contribution in [0.15, 0.2) is 85.3 Å². The van der Waals surface area contributed by atoms with Gasteiger partial charge in [0.05, 0.1) is 23.1 Å². The summed E-state index contributed by atoms with van der Waals surface area (Å²) in [5.74, 6) is 3.05. The Morgan fingerprint density at radius 1 is 0.936 bits per heavy atom. The molecule has 5 atom stereocenters. The molecule has 4 aliphatic heterocycles. The molecular weight excluding hydrogens is 588 g/mol. The van der Waals surface area contributed by atoms with Gasteiger partial charge < -0.3 is 14.4 Å². The molecule has 3 saturated heterocycles. The standard InChI is InChI=1S/C37H32N8O2/c1-23-36-21-43(19-35(36)20-45(37(23,36)47-24(35)2)31-13-15-40-30(16-38)41-31)18-25-8-10-26(11-9-25)32-33(27-6-4-3-5-7-27)44-22-46-29-12-14-39-17-28(29)34(44)42-32/h3-15,17,23-24H,18-22H2,1-2H3/t23-,24+,35+,36-,37?/m0/s1. The van der Waals surface area contributed by atoms with E-state index in [1.54, 1.807) is 12.4 Å². The van der Waals surface area contributed by atoms with E-state index >= 15 is 0 Å². The summed E-state index contributed by atoms with van der Waals surface area (Å²) in [5.41, 5.74) is 6.02. The van der Waals surface area contributed by atoms with Crippen LogP contribution in [0.1, 0.15) is 25.2 Å². The fourth-order valence-electron chi connectivity index (χ4n) is 9.79. The van der Waals surface area contributed by atoms with E-state index in [-0.39, 0.29) is 28.5 Å². The number of hydrogen-bond acceptors (Lipinski definition) is 9. The lowest BCUT2D eigenvalue weighted by molar-refractivity contribution is -0.0737. The third-order valence-corrected chi connectivity index (χ3v) is 11.8. The highest BCUT2D eigenvalue weighted by atomic mass is 16.6. The van der Waals surface area contributed by atoms with E-state index in [0.29, 0.717) is 12.6 Å². The van der Waals surface area contributed by atoms with Crippen LogP contribution in [-0.4, -0.2) is 60.9 Å². The second kappa shape index (κ2) is 9.25. The molecule has 7 heterocycles. The van der Waals surface area contributed by atoms with Crippen molar-refractivity contribution in [3.05, 3.63) is 96.7 Å². The number of benzene rings is 2. The number of rotatable bonds is 5. The van der Waals surface area contributed by atoms with E-state index in [1.165, 1.54) is 5.56 Å². The first-order valence-corrected chi connectivity index (χ1v) is 16.2. The van der Waals surface area contributed by atoms with Crippen molar-refractivity contribution in [1.82, 2.24) is 29.4 Å². The molecule has 2 bridgehead atoms. The van der Waals surface area contributed by atoms with Gasteiger partial charge in [0.2, 0.25) is 5.82 Å². The Morgan fingerprint density at radius 3 is 2.60 bits per heavy atom. The first-order valence-electron chi connectivity index (χ1n) is 16.2. The van der Waals surface area contributed by atoms with Gasteiger partial charge in [-0.25, -0.2) is 15.0 Å². The van der Waals surface area contributed by atoms with E-state index in [1.807, 2.05) is 24.4 Å². The molecule has 0 radical (unpaired) electrons. The molecule has 1 unspecified atom stereocenters. The lowest BCUT2D eigenvalue weighted by Crippen LogP contribution is -2.54. The minimum Gasteiger partial charge on any atom is -0.472 e. The highest BCUT2D eigenvalue weighted by Crippen LogP contribution is 2.85. The average molecular weight is 621 g/mol. The van der Waals surface area contributed by atoms with Crippen molar-refractivity contribution >= 4 is 5.82 Å². The van der Waals surface area contributed by atoms with Gasteiger partial charge in [-0.15, -0.1) is 0 Å². The van der Waals surface area contributed by atoms with Gasteiger partial charge in [0.1, 0.15) is 23.5 Å². The number of imidazole rings is 1. The minimum absolute atomic E-state index is 0.0113. The first-order chi connectivity index (χ1) is 23.0. The number of fused-ring (bicyclic) bond motifs is 3. The molecule has 0 N–H and O–H groups in total. The molecule has 3 aromatic heterocycles. The van der Waals surface area contributed by atoms with Crippen LogP contribution in [0.5, 0.6) is 5.75 Å². The Balaban J connectivity index is 0.948. The zero-order chi connectivity index (χ0) is 31.5. The van der Waals surface area contributed by atoms with Gasteiger partial charge in [-0.3, -0.25) is 14.5 Å². The minimum atomic E-state index is -0.377.